The lowest BCUT2D eigenvalue weighted by Crippen LogP contribution is -2.46. The summed E-state index contributed by atoms with van der Waals surface area (Å²) >= 11 is 0. The molecule has 0 saturated heterocycles. The molecule has 1 unspecified atom stereocenters. The van der Waals surface area contributed by atoms with Crippen LogP contribution in [-0.2, 0) is 0 Å². The lowest BCUT2D eigenvalue weighted by Gasteiger charge is -2.28. The first-order valence-corrected chi connectivity index (χ1v) is 6.73. The van der Waals surface area contributed by atoms with Gasteiger partial charge >= 0.3 is 12.1 Å². The molecule has 1 atom stereocenters. The van der Waals surface area contributed by atoms with Crippen LogP contribution < -0.4 is 5.73 Å². The Hall–Kier alpha value is -1.17. The molecule has 0 saturated carbocycles. The molecular formula is C15H20F5N. The van der Waals surface area contributed by atoms with Gasteiger partial charge in [-0.05, 0) is 28.5 Å². The van der Waals surface area contributed by atoms with Gasteiger partial charge in [-0.3, -0.25) is 0 Å². The summed E-state index contributed by atoms with van der Waals surface area (Å²) < 4.78 is 64.4. The van der Waals surface area contributed by atoms with Crippen molar-refractivity contribution >= 4 is 0 Å². The first-order chi connectivity index (χ1) is 9.39. The second-order valence-corrected chi connectivity index (χ2v) is 5.80. The molecule has 0 radical (unpaired) electrons. The molecule has 0 aliphatic carbocycles. The van der Waals surface area contributed by atoms with Crippen LogP contribution in [0.25, 0.3) is 0 Å². The van der Waals surface area contributed by atoms with Gasteiger partial charge in [-0.25, -0.2) is 0 Å². The minimum Gasteiger partial charge on any atom is -0.319 e. The fourth-order valence-corrected chi connectivity index (χ4v) is 2.11. The molecule has 0 aliphatic rings. The minimum absolute atomic E-state index is 0.149. The Morgan fingerprint density at radius 2 is 1.38 bits per heavy atom. The third-order valence-corrected chi connectivity index (χ3v) is 3.50. The number of rotatable bonds is 4. The molecule has 1 aromatic carbocycles. The van der Waals surface area contributed by atoms with Gasteiger partial charge in [-0.2, -0.15) is 22.0 Å². The molecule has 6 heteroatoms. The molecule has 1 nitrogen and oxygen atoms in total. The summed E-state index contributed by atoms with van der Waals surface area (Å²) in [5.41, 5.74) is 6.41. The van der Waals surface area contributed by atoms with Crippen LogP contribution in [0, 0.1) is 0 Å². The van der Waals surface area contributed by atoms with Crippen LogP contribution in [0.15, 0.2) is 18.2 Å². The minimum atomic E-state index is -5.67. The third kappa shape index (κ3) is 3.54. The Labute approximate surface area is 121 Å². The van der Waals surface area contributed by atoms with E-state index in [2.05, 4.69) is 0 Å². The Morgan fingerprint density at radius 1 is 0.857 bits per heavy atom. The summed E-state index contributed by atoms with van der Waals surface area (Å²) in [5.74, 6) is -5.01. The van der Waals surface area contributed by atoms with Crippen molar-refractivity contribution in [2.45, 2.75) is 57.7 Å². The van der Waals surface area contributed by atoms with Crippen LogP contribution >= 0.6 is 0 Å². The standard InChI is InChI=1S/C15H20F5N/c1-8(2)10-5-6-11(12(7-10)9(3)4)13(21)14(16,17)15(18,19)20/h5-9,13H,21H2,1-4H3. The summed E-state index contributed by atoms with van der Waals surface area (Å²) in [4.78, 5) is 0. The van der Waals surface area contributed by atoms with Crippen molar-refractivity contribution in [3.05, 3.63) is 34.9 Å². The largest absolute Gasteiger partial charge is 0.455 e. The zero-order chi connectivity index (χ0) is 16.6. The maximum atomic E-state index is 13.5. The highest BCUT2D eigenvalue weighted by Gasteiger charge is 2.62. The quantitative estimate of drug-likeness (QED) is 0.767. The summed E-state index contributed by atoms with van der Waals surface area (Å²) in [7, 11) is 0. The predicted octanol–water partition coefficient (Wildman–Crippen LogP) is 5.13. The normalized spacial score (nSPS) is 14.9. The topological polar surface area (TPSA) is 26.0 Å². The first kappa shape index (κ1) is 17.9. The van der Waals surface area contributed by atoms with E-state index in [4.69, 9.17) is 5.73 Å². The van der Waals surface area contributed by atoms with E-state index in [9.17, 15) is 22.0 Å². The fourth-order valence-electron chi connectivity index (χ4n) is 2.11. The van der Waals surface area contributed by atoms with E-state index in [1.54, 1.807) is 26.0 Å². The number of nitrogens with two attached hydrogens (primary N) is 1. The highest BCUT2D eigenvalue weighted by molar-refractivity contribution is 5.38. The maximum Gasteiger partial charge on any atom is 0.455 e. The molecule has 1 aromatic rings. The van der Waals surface area contributed by atoms with Gasteiger partial charge in [0.2, 0.25) is 0 Å². The van der Waals surface area contributed by atoms with Crippen molar-refractivity contribution in [2.24, 2.45) is 5.73 Å². The lowest BCUT2D eigenvalue weighted by atomic mass is 9.87. The molecule has 0 amide bonds. The van der Waals surface area contributed by atoms with Gasteiger partial charge in [-0.1, -0.05) is 45.9 Å². The molecule has 0 fully saturated rings. The Balaban J connectivity index is 3.36. The van der Waals surface area contributed by atoms with Crippen LogP contribution in [0.5, 0.6) is 0 Å². The highest BCUT2D eigenvalue weighted by Crippen LogP contribution is 2.45. The van der Waals surface area contributed by atoms with Crippen LogP contribution in [0.2, 0.25) is 0 Å². The van der Waals surface area contributed by atoms with Crippen molar-refractivity contribution in [2.75, 3.05) is 0 Å². The zero-order valence-corrected chi connectivity index (χ0v) is 12.4. The average molecular weight is 309 g/mol. The summed E-state index contributed by atoms with van der Waals surface area (Å²) in [5, 5.41) is 0. The van der Waals surface area contributed by atoms with Crippen molar-refractivity contribution in [3.8, 4) is 0 Å². The predicted molar refractivity (Wildman–Crippen MR) is 72.6 cm³/mol. The van der Waals surface area contributed by atoms with E-state index in [1.165, 1.54) is 6.07 Å². The molecule has 0 aliphatic heterocycles. The highest BCUT2D eigenvalue weighted by atomic mass is 19.4. The number of halogens is 5. The number of benzene rings is 1. The van der Waals surface area contributed by atoms with Gasteiger partial charge in [0.25, 0.3) is 0 Å². The van der Waals surface area contributed by atoms with Crippen LogP contribution in [-0.4, -0.2) is 12.1 Å². The first-order valence-electron chi connectivity index (χ1n) is 6.73. The molecule has 21 heavy (non-hydrogen) atoms. The van der Waals surface area contributed by atoms with Gasteiger partial charge in [0.1, 0.15) is 6.04 Å². The molecule has 2 N–H and O–H groups in total. The molecule has 0 heterocycles. The van der Waals surface area contributed by atoms with Gasteiger partial charge in [0.05, 0.1) is 0 Å². The van der Waals surface area contributed by atoms with Crippen LogP contribution in [0.3, 0.4) is 0 Å². The monoisotopic (exact) mass is 309 g/mol. The van der Waals surface area contributed by atoms with E-state index >= 15 is 0 Å². The van der Waals surface area contributed by atoms with Crippen LogP contribution in [0.4, 0.5) is 22.0 Å². The summed E-state index contributed by atoms with van der Waals surface area (Å²) in [6.07, 6.45) is -5.67. The maximum absolute atomic E-state index is 13.5. The van der Waals surface area contributed by atoms with Gasteiger partial charge in [0, 0.05) is 0 Å². The van der Waals surface area contributed by atoms with E-state index < -0.39 is 18.1 Å². The molecule has 1 rings (SSSR count). The molecule has 120 valence electrons. The number of hydrogen-bond acceptors (Lipinski definition) is 1. The molecule has 0 aromatic heterocycles. The summed E-state index contributed by atoms with van der Waals surface area (Å²) in [6.45, 7) is 7.31. The van der Waals surface area contributed by atoms with Crippen molar-refractivity contribution < 1.29 is 22.0 Å². The van der Waals surface area contributed by atoms with E-state index in [1.807, 2.05) is 13.8 Å². The number of alkyl halides is 5. The Kier molecular flexibility index (Phi) is 5.03. The van der Waals surface area contributed by atoms with Gasteiger partial charge in [-0.15, -0.1) is 0 Å². The van der Waals surface area contributed by atoms with Gasteiger partial charge < -0.3 is 5.73 Å². The number of hydrogen-bond donors (Lipinski definition) is 1. The second-order valence-electron chi connectivity index (χ2n) is 5.80. The van der Waals surface area contributed by atoms with Gasteiger partial charge in [0.15, 0.2) is 0 Å². The molecule has 0 bridgehead atoms. The smallest absolute Gasteiger partial charge is 0.319 e. The lowest BCUT2D eigenvalue weighted by molar-refractivity contribution is -0.291. The van der Waals surface area contributed by atoms with Crippen molar-refractivity contribution in [1.82, 2.24) is 0 Å². The van der Waals surface area contributed by atoms with E-state index in [0.29, 0.717) is 5.56 Å². The van der Waals surface area contributed by atoms with Crippen molar-refractivity contribution in [3.63, 3.8) is 0 Å². The van der Waals surface area contributed by atoms with Crippen molar-refractivity contribution in [1.29, 1.82) is 0 Å². The second kappa shape index (κ2) is 5.91. The van der Waals surface area contributed by atoms with Crippen LogP contribution in [0.1, 0.15) is 62.3 Å². The molecule has 0 spiro atoms. The third-order valence-electron chi connectivity index (χ3n) is 3.50. The average Bonchev–Trinajstić information content (AvgIpc) is 2.35. The van der Waals surface area contributed by atoms with E-state index in [0.717, 1.165) is 5.56 Å². The van der Waals surface area contributed by atoms with E-state index in [-0.39, 0.29) is 17.4 Å². The fraction of sp³-hybridized carbons (Fsp3) is 0.600. The Morgan fingerprint density at radius 3 is 1.76 bits per heavy atom. The summed E-state index contributed by atoms with van der Waals surface area (Å²) in [6, 6.07) is 2.10. The zero-order valence-electron chi connectivity index (χ0n) is 12.4. The molecular weight excluding hydrogens is 289 g/mol. The SMILES string of the molecule is CC(C)c1ccc(C(N)C(F)(F)C(F)(F)F)c(C(C)C)c1. The Bertz CT molecular complexity index is 491.